The van der Waals surface area contributed by atoms with Gasteiger partial charge in [0, 0.05) is 24.3 Å². The maximum absolute atomic E-state index is 12.0. The molecular formula is C16H25N3O2. The second-order valence-electron chi connectivity index (χ2n) is 5.18. The maximum Gasteiger partial charge on any atom is 0.270 e. The molecule has 1 aromatic heterocycles. The number of carbonyl (C=O) groups is 2. The van der Waals surface area contributed by atoms with Crippen LogP contribution < -0.4 is 10.6 Å². The van der Waals surface area contributed by atoms with E-state index in [1.165, 1.54) is 12.3 Å². The van der Waals surface area contributed by atoms with Crippen molar-refractivity contribution in [2.24, 2.45) is 0 Å². The van der Waals surface area contributed by atoms with Crippen molar-refractivity contribution >= 4 is 11.8 Å². The number of pyridine rings is 1. The lowest BCUT2D eigenvalue weighted by Gasteiger charge is -2.11. The molecule has 5 nitrogen and oxygen atoms in total. The van der Waals surface area contributed by atoms with Crippen molar-refractivity contribution in [2.45, 2.75) is 52.5 Å². The van der Waals surface area contributed by atoms with Gasteiger partial charge in [-0.05, 0) is 31.9 Å². The molecule has 2 N–H and O–H groups in total. The smallest absolute Gasteiger partial charge is 0.270 e. The summed E-state index contributed by atoms with van der Waals surface area (Å²) in [6, 6.07) is 3.24. The van der Waals surface area contributed by atoms with Gasteiger partial charge >= 0.3 is 0 Å². The van der Waals surface area contributed by atoms with Gasteiger partial charge < -0.3 is 10.6 Å². The predicted molar refractivity (Wildman–Crippen MR) is 83.3 cm³/mol. The molecule has 21 heavy (non-hydrogen) atoms. The van der Waals surface area contributed by atoms with E-state index in [0.717, 1.165) is 25.7 Å². The van der Waals surface area contributed by atoms with Crippen LogP contribution in [0.5, 0.6) is 0 Å². The molecule has 0 aliphatic carbocycles. The van der Waals surface area contributed by atoms with E-state index in [1.807, 2.05) is 13.8 Å². The van der Waals surface area contributed by atoms with Crippen LogP contribution in [-0.4, -0.2) is 29.4 Å². The highest BCUT2D eigenvalue weighted by atomic mass is 16.2. The Labute approximate surface area is 126 Å². The third-order valence-electron chi connectivity index (χ3n) is 3.31. The van der Waals surface area contributed by atoms with Crippen LogP contribution in [0.25, 0.3) is 0 Å². The van der Waals surface area contributed by atoms with Gasteiger partial charge in [-0.2, -0.15) is 0 Å². The van der Waals surface area contributed by atoms with Gasteiger partial charge in [0.1, 0.15) is 5.69 Å². The Morgan fingerprint density at radius 1 is 1.24 bits per heavy atom. The lowest BCUT2D eigenvalue weighted by Crippen LogP contribution is -2.33. The zero-order chi connectivity index (χ0) is 15.7. The van der Waals surface area contributed by atoms with E-state index < -0.39 is 0 Å². The molecule has 1 aromatic rings. The fourth-order valence-corrected chi connectivity index (χ4v) is 1.77. The summed E-state index contributed by atoms with van der Waals surface area (Å²) in [5.74, 6) is -0.406. The van der Waals surface area contributed by atoms with Crippen molar-refractivity contribution in [3.8, 4) is 0 Å². The minimum absolute atomic E-state index is 0.0887. The SMILES string of the molecule is CCCCCNC(=O)c1ccnc(C(=O)NC(C)CC)c1. The summed E-state index contributed by atoms with van der Waals surface area (Å²) < 4.78 is 0. The first-order valence-electron chi connectivity index (χ1n) is 7.63. The van der Waals surface area contributed by atoms with Crippen molar-refractivity contribution in [3.63, 3.8) is 0 Å². The Hall–Kier alpha value is -1.91. The summed E-state index contributed by atoms with van der Waals surface area (Å²) in [5, 5.41) is 5.69. The number of hydrogen-bond acceptors (Lipinski definition) is 3. The normalized spacial score (nSPS) is 11.8. The minimum atomic E-state index is -0.245. The Kier molecular flexibility index (Phi) is 7.43. The van der Waals surface area contributed by atoms with Crippen LogP contribution in [-0.2, 0) is 0 Å². The molecule has 0 aliphatic heterocycles. The quantitative estimate of drug-likeness (QED) is 0.723. The number of hydrogen-bond donors (Lipinski definition) is 2. The van der Waals surface area contributed by atoms with E-state index in [4.69, 9.17) is 0 Å². The second kappa shape index (κ2) is 9.10. The Balaban J connectivity index is 2.62. The number of nitrogens with one attached hydrogen (secondary N) is 2. The lowest BCUT2D eigenvalue weighted by atomic mass is 10.2. The first kappa shape index (κ1) is 17.1. The third kappa shape index (κ3) is 5.94. The number of aromatic nitrogens is 1. The maximum atomic E-state index is 12.0. The molecule has 0 fully saturated rings. The van der Waals surface area contributed by atoms with Crippen molar-refractivity contribution < 1.29 is 9.59 Å². The highest BCUT2D eigenvalue weighted by Crippen LogP contribution is 2.03. The Morgan fingerprint density at radius 2 is 2.00 bits per heavy atom. The van der Waals surface area contributed by atoms with Gasteiger partial charge in [-0.1, -0.05) is 26.7 Å². The van der Waals surface area contributed by atoms with Gasteiger partial charge in [0.25, 0.3) is 11.8 Å². The van der Waals surface area contributed by atoms with E-state index in [0.29, 0.717) is 12.1 Å². The molecule has 5 heteroatoms. The Morgan fingerprint density at radius 3 is 2.67 bits per heavy atom. The molecular weight excluding hydrogens is 266 g/mol. The summed E-state index contributed by atoms with van der Waals surface area (Å²) in [5.41, 5.74) is 0.743. The molecule has 1 unspecified atom stereocenters. The first-order valence-corrected chi connectivity index (χ1v) is 7.63. The van der Waals surface area contributed by atoms with Gasteiger partial charge in [-0.3, -0.25) is 14.6 Å². The molecule has 116 valence electrons. The minimum Gasteiger partial charge on any atom is -0.352 e. The van der Waals surface area contributed by atoms with Crippen LogP contribution in [0.15, 0.2) is 18.3 Å². The fourth-order valence-electron chi connectivity index (χ4n) is 1.77. The number of rotatable bonds is 8. The van der Waals surface area contributed by atoms with Gasteiger partial charge in [-0.25, -0.2) is 0 Å². The van der Waals surface area contributed by atoms with Crippen LogP contribution in [0.3, 0.4) is 0 Å². The van der Waals surface area contributed by atoms with Crippen LogP contribution in [0.1, 0.15) is 67.3 Å². The molecule has 0 spiro atoms. The average Bonchev–Trinajstić information content (AvgIpc) is 2.51. The third-order valence-corrected chi connectivity index (χ3v) is 3.31. The van der Waals surface area contributed by atoms with E-state index in [1.54, 1.807) is 6.07 Å². The average molecular weight is 291 g/mol. The van der Waals surface area contributed by atoms with Gasteiger partial charge in [0.05, 0.1) is 0 Å². The molecule has 0 radical (unpaired) electrons. The molecule has 1 heterocycles. The number of unbranched alkanes of at least 4 members (excludes halogenated alkanes) is 2. The standard InChI is InChI=1S/C16H25N3O2/c1-4-6-7-9-18-15(20)13-8-10-17-14(11-13)16(21)19-12(3)5-2/h8,10-12H,4-7,9H2,1-3H3,(H,18,20)(H,19,21). The predicted octanol–water partition coefficient (Wildman–Crippen LogP) is 2.53. The number of amides is 2. The summed E-state index contributed by atoms with van der Waals surface area (Å²) in [6.07, 6.45) is 5.52. The topological polar surface area (TPSA) is 71.1 Å². The molecule has 1 rings (SSSR count). The molecule has 1 atom stereocenters. The molecule has 0 aliphatic rings. The van der Waals surface area contributed by atoms with E-state index in [-0.39, 0.29) is 23.6 Å². The van der Waals surface area contributed by atoms with Gasteiger partial charge in [0.2, 0.25) is 0 Å². The molecule has 0 saturated heterocycles. The number of carbonyl (C=O) groups excluding carboxylic acids is 2. The van der Waals surface area contributed by atoms with E-state index >= 15 is 0 Å². The summed E-state index contributed by atoms with van der Waals surface area (Å²) in [7, 11) is 0. The van der Waals surface area contributed by atoms with Crippen LogP contribution >= 0.6 is 0 Å². The summed E-state index contributed by atoms with van der Waals surface area (Å²) in [6.45, 7) is 6.71. The lowest BCUT2D eigenvalue weighted by molar-refractivity contribution is 0.0934. The summed E-state index contributed by atoms with van der Waals surface area (Å²) in [4.78, 5) is 28.0. The van der Waals surface area contributed by atoms with Gasteiger partial charge in [-0.15, -0.1) is 0 Å². The zero-order valence-electron chi connectivity index (χ0n) is 13.1. The largest absolute Gasteiger partial charge is 0.352 e. The van der Waals surface area contributed by atoms with E-state index in [2.05, 4.69) is 22.5 Å². The molecule has 0 aromatic carbocycles. The monoisotopic (exact) mass is 291 g/mol. The highest BCUT2D eigenvalue weighted by Gasteiger charge is 2.13. The van der Waals surface area contributed by atoms with Crippen molar-refractivity contribution in [3.05, 3.63) is 29.6 Å². The number of nitrogens with zero attached hydrogens (tertiary/aromatic N) is 1. The van der Waals surface area contributed by atoms with Crippen LogP contribution in [0.4, 0.5) is 0 Å². The van der Waals surface area contributed by atoms with Crippen molar-refractivity contribution in [1.82, 2.24) is 15.6 Å². The van der Waals surface area contributed by atoms with Gasteiger partial charge in [0.15, 0.2) is 0 Å². The first-order chi connectivity index (χ1) is 10.1. The Bertz CT molecular complexity index is 474. The van der Waals surface area contributed by atoms with Crippen LogP contribution in [0.2, 0.25) is 0 Å². The zero-order valence-corrected chi connectivity index (χ0v) is 13.1. The summed E-state index contributed by atoms with van der Waals surface area (Å²) >= 11 is 0. The molecule has 0 bridgehead atoms. The molecule has 0 saturated carbocycles. The van der Waals surface area contributed by atoms with Crippen molar-refractivity contribution in [1.29, 1.82) is 0 Å². The van der Waals surface area contributed by atoms with Crippen LogP contribution in [0, 0.1) is 0 Å². The van der Waals surface area contributed by atoms with E-state index in [9.17, 15) is 9.59 Å². The second-order valence-corrected chi connectivity index (χ2v) is 5.18. The fraction of sp³-hybridized carbons (Fsp3) is 0.562. The molecule has 2 amide bonds. The van der Waals surface area contributed by atoms with Crippen molar-refractivity contribution in [2.75, 3.05) is 6.54 Å². The highest BCUT2D eigenvalue weighted by molar-refractivity contribution is 5.98.